The van der Waals surface area contributed by atoms with Crippen LogP contribution in [-0.2, 0) is 22.6 Å². The molecule has 1 unspecified atom stereocenters. The van der Waals surface area contributed by atoms with E-state index in [0.717, 1.165) is 47.1 Å². The molecule has 0 spiro atoms. The minimum Gasteiger partial charge on any atom is -0.427 e. The molecule has 0 aliphatic carbocycles. The maximum Gasteiger partial charge on any atom is 0.343 e. The zero-order chi connectivity index (χ0) is 39.5. The van der Waals surface area contributed by atoms with E-state index in [0.29, 0.717) is 18.9 Å². The molecule has 2 N–H and O–H groups in total. The Balaban J connectivity index is 1.25. The van der Waals surface area contributed by atoms with Crippen molar-refractivity contribution < 1.29 is 47.3 Å². The van der Waals surface area contributed by atoms with Crippen molar-refractivity contribution >= 4 is 23.8 Å². The van der Waals surface area contributed by atoms with E-state index < -0.39 is 82.9 Å². The van der Waals surface area contributed by atoms with Gasteiger partial charge in [0.25, 0.3) is 17.7 Å². The van der Waals surface area contributed by atoms with Gasteiger partial charge in [0.05, 0.1) is 18.7 Å². The van der Waals surface area contributed by atoms with Crippen LogP contribution in [0.3, 0.4) is 0 Å². The number of hydrogen-bond donors (Lipinski definition) is 2. The first kappa shape index (κ1) is 41.2. The van der Waals surface area contributed by atoms with Crippen molar-refractivity contribution in [2.24, 2.45) is 0 Å². The molecule has 0 bridgehead atoms. The number of amides is 2. The lowest BCUT2D eigenvalue weighted by Gasteiger charge is -2.49. The van der Waals surface area contributed by atoms with E-state index in [1.165, 1.54) is 69.2 Å². The van der Waals surface area contributed by atoms with E-state index in [9.17, 15) is 37.9 Å². The van der Waals surface area contributed by atoms with Gasteiger partial charge in [-0.2, -0.15) is 0 Å². The number of aromatic nitrogens is 1. The molecule has 1 saturated heterocycles. The van der Waals surface area contributed by atoms with Crippen LogP contribution in [0.1, 0.15) is 134 Å². The summed E-state index contributed by atoms with van der Waals surface area (Å²) in [6.07, 6.45) is 14.4. The van der Waals surface area contributed by atoms with Crippen LogP contribution in [0.15, 0.2) is 53.5 Å². The molecule has 2 aliphatic heterocycles. The topological polar surface area (TPSA) is 153 Å². The number of ether oxygens (including phenoxy) is 3. The van der Waals surface area contributed by atoms with Crippen molar-refractivity contribution in [3.8, 4) is 11.5 Å². The van der Waals surface area contributed by atoms with Gasteiger partial charge < -0.3 is 29.2 Å². The number of halogens is 2. The fraction of sp³-hybridized carbons (Fsp3) is 0.488. The van der Waals surface area contributed by atoms with Crippen molar-refractivity contribution in [1.29, 1.82) is 0 Å². The monoisotopic (exact) mass is 765 g/mol. The molecular weight excluding hydrogens is 716 g/mol. The standard InChI is InChI=1S/C41H49F2N3O9/c1-3-4-5-6-7-8-9-10-11-12-13-14-34(47)54-31-19-16-28(17-20-31)40(51)55-37-35-39(50)46-27(2)21-22-53-41(46,52)26-45(35)25-32(36(37)48)38(49)44-24-29-15-18-30(42)23-33(29)43/h15-20,23,25,27,52H,3-14,21-22,24,26H2,1-2H3,(H,44,49)/t27-,41?/m1/s1. The number of nitrogens with one attached hydrogen (secondary N) is 1. The Kier molecular flexibility index (Phi) is 14.3. The summed E-state index contributed by atoms with van der Waals surface area (Å²) in [6.45, 7) is 3.17. The third-order valence-electron chi connectivity index (χ3n) is 9.92. The second-order valence-corrected chi connectivity index (χ2v) is 14.2. The molecule has 1 aromatic heterocycles. The van der Waals surface area contributed by atoms with Gasteiger partial charge in [0.1, 0.15) is 22.9 Å². The molecule has 2 aromatic carbocycles. The highest BCUT2D eigenvalue weighted by Crippen LogP contribution is 2.35. The maximum atomic E-state index is 14.3. The van der Waals surface area contributed by atoms with Crippen molar-refractivity contribution in [2.45, 2.75) is 122 Å². The first-order valence-corrected chi connectivity index (χ1v) is 19.1. The number of aliphatic hydroxyl groups is 1. The van der Waals surface area contributed by atoms with Crippen molar-refractivity contribution in [3.05, 3.63) is 92.9 Å². The minimum absolute atomic E-state index is 0.0561. The Bertz CT molecular complexity index is 1920. The zero-order valence-electron chi connectivity index (χ0n) is 31.4. The SMILES string of the molecule is CCCCCCCCCCCCCC(=O)Oc1ccc(C(=O)Oc2c3n(cc(C(=O)NCc4ccc(F)cc4F)c2=O)CC2(O)OCC[C@@H](C)N2C3=O)cc1. The van der Waals surface area contributed by atoms with E-state index in [2.05, 4.69) is 12.2 Å². The number of fused-ring (bicyclic) bond motifs is 2. The highest BCUT2D eigenvalue weighted by atomic mass is 19.1. The molecule has 3 heterocycles. The van der Waals surface area contributed by atoms with Crippen LogP contribution in [0.5, 0.6) is 11.5 Å². The van der Waals surface area contributed by atoms with Crippen LogP contribution in [0.25, 0.3) is 0 Å². The summed E-state index contributed by atoms with van der Waals surface area (Å²) < 4.78 is 45.3. The average Bonchev–Trinajstić information content (AvgIpc) is 3.14. The van der Waals surface area contributed by atoms with Crippen molar-refractivity contribution in [3.63, 3.8) is 0 Å². The number of benzene rings is 2. The Hall–Kier alpha value is -4.95. The first-order valence-electron chi connectivity index (χ1n) is 19.1. The highest BCUT2D eigenvalue weighted by Gasteiger charge is 2.51. The van der Waals surface area contributed by atoms with Gasteiger partial charge in [-0.1, -0.05) is 77.2 Å². The molecule has 3 aromatic rings. The predicted molar refractivity (Wildman–Crippen MR) is 197 cm³/mol. The normalized spacial score (nSPS) is 17.7. The summed E-state index contributed by atoms with van der Waals surface area (Å²) in [5.41, 5.74) is -2.21. The quantitative estimate of drug-likeness (QED) is 0.0810. The Morgan fingerprint density at radius 3 is 2.24 bits per heavy atom. The predicted octanol–water partition coefficient (Wildman–Crippen LogP) is 6.79. The number of hydrogen-bond acceptors (Lipinski definition) is 9. The molecule has 5 rings (SSSR count). The molecule has 2 amide bonds. The van der Waals surface area contributed by atoms with Gasteiger partial charge in [0.2, 0.25) is 11.2 Å². The van der Waals surface area contributed by atoms with Crippen molar-refractivity contribution in [1.82, 2.24) is 14.8 Å². The molecule has 0 radical (unpaired) electrons. The molecular formula is C41H49F2N3O9. The Morgan fingerprint density at radius 1 is 0.927 bits per heavy atom. The zero-order valence-corrected chi connectivity index (χ0v) is 31.4. The molecule has 55 heavy (non-hydrogen) atoms. The Labute approximate surface area is 318 Å². The molecule has 296 valence electrons. The van der Waals surface area contributed by atoms with Gasteiger partial charge in [-0.15, -0.1) is 0 Å². The summed E-state index contributed by atoms with van der Waals surface area (Å²) in [5, 5.41) is 13.7. The number of pyridine rings is 1. The lowest BCUT2D eigenvalue weighted by atomic mass is 10.0. The average molecular weight is 766 g/mol. The summed E-state index contributed by atoms with van der Waals surface area (Å²) in [6, 6.07) is 7.72. The van der Waals surface area contributed by atoms with Gasteiger partial charge >= 0.3 is 11.9 Å². The smallest absolute Gasteiger partial charge is 0.343 e. The summed E-state index contributed by atoms with van der Waals surface area (Å²) in [5.74, 6) is -7.76. The van der Waals surface area contributed by atoms with E-state index in [-0.39, 0.29) is 29.9 Å². The molecule has 12 nitrogen and oxygen atoms in total. The second-order valence-electron chi connectivity index (χ2n) is 14.2. The second kappa shape index (κ2) is 19.1. The van der Waals surface area contributed by atoms with Gasteiger partial charge in [0.15, 0.2) is 5.69 Å². The number of nitrogens with zero attached hydrogens (tertiary/aromatic N) is 2. The number of esters is 2. The molecule has 14 heteroatoms. The maximum absolute atomic E-state index is 14.3. The minimum atomic E-state index is -2.12. The molecule has 0 saturated carbocycles. The number of rotatable bonds is 18. The van der Waals surface area contributed by atoms with E-state index in [4.69, 9.17) is 14.2 Å². The first-order chi connectivity index (χ1) is 26.4. The molecule has 2 aliphatic rings. The lowest BCUT2D eigenvalue weighted by molar-refractivity contribution is -0.316. The summed E-state index contributed by atoms with van der Waals surface area (Å²) in [7, 11) is 0. The number of carbonyl (C=O) groups excluding carboxylic acids is 4. The van der Waals surface area contributed by atoms with E-state index in [1.807, 2.05) is 0 Å². The third kappa shape index (κ3) is 10.4. The highest BCUT2D eigenvalue weighted by molar-refractivity contribution is 6.01. The number of unbranched alkanes of at least 4 members (excludes halogenated alkanes) is 10. The number of carbonyl (C=O) groups is 4. The fourth-order valence-corrected chi connectivity index (χ4v) is 6.86. The summed E-state index contributed by atoms with van der Waals surface area (Å²) >= 11 is 0. The lowest BCUT2D eigenvalue weighted by Crippen LogP contribution is -2.66. The van der Waals surface area contributed by atoms with Crippen LogP contribution in [0.4, 0.5) is 8.78 Å². The largest absolute Gasteiger partial charge is 0.427 e. The van der Waals surface area contributed by atoms with Gasteiger partial charge in [-0.25, -0.2) is 13.6 Å². The van der Waals surface area contributed by atoms with Crippen molar-refractivity contribution in [2.75, 3.05) is 6.61 Å². The molecule has 1 fully saturated rings. The van der Waals surface area contributed by atoms with Crippen LogP contribution < -0.4 is 20.2 Å². The van der Waals surface area contributed by atoms with E-state index in [1.54, 1.807) is 6.92 Å². The summed E-state index contributed by atoms with van der Waals surface area (Å²) in [4.78, 5) is 68.0. The van der Waals surface area contributed by atoms with Gasteiger partial charge in [-0.05, 0) is 50.1 Å². The fourth-order valence-electron chi connectivity index (χ4n) is 6.86. The van der Waals surface area contributed by atoms with Crippen LogP contribution >= 0.6 is 0 Å². The molecule has 2 atom stereocenters. The van der Waals surface area contributed by atoms with Gasteiger partial charge in [-0.3, -0.25) is 24.1 Å². The van der Waals surface area contributed by atoms with Crippen LogP contribution in [0, 0.1) is 11.6 Å². The third-order valence-corrected chi connectivity index (χ3v) is 9.92. The van der Waals surface area contributed by atoms with E-state index >= 15 is 0 Å². The van der Waals surface area contributed by atoms with Crippen LogP contribution in [-0.4, -0.2) is 56.9 Å². The van der Waals surface area contributed by atoms with Crippen LogP contribution in [0.2, 0.25) is 0 Å². The Morgan fingerprint density at radius 2 is 1.58 bits per heavy atom. The van der Waals surface area contributed by atoms with Gasteiger partial charge in [0, 0.05) is 36.8 Å².